The lowest BCUT2D eigenvalue weighted by Crippen LogP contribution is -2.51. The van der Waals surface area contributed by atoms with Gasteiger partial charge in [0.15, 0.2) is 0 Å². The molecule has 2 bridgehead atoms. The van der Waals surface area contributed by atoms with E-state index in [1.165, 1.54) is 0 Å². The average Bonchev–Trinajstić information content (AvgIpc) is 3.37. The van der Waals surface area contributed by atoms with Crippen molar-refractivity contribution in [1.29, 1.82) is 0 Å². The first-order valence-electron chi connectivity index (χ1n) is 13.8. The first-order valence-corrected chi connectivity index (χ1v) is 15.5. The minimum Gasteiger partial charge on any atom is -0.356 e. The zero-order valence-electron chi connectivity index (χ0n) is 22.0. The van der Waals surface area contributed by atoms with E-state index < -0.39 is 11.0 Å². The van der Waals surface area contributed by atoms with Gasteiger partial charge >= 0.3 is 0 Å². The van der Waals surface area contributed by atoms with Crippen molar-refractivity contribution in [3.63, 3.8) is 0 Å². The van der Waals surface area contributed by atoms with E-state index in [4.69, 9.17) is 11.6 Å². The number of amides is 3. The molecule has 3 amide bonds. The molecule has 9 nitrogen and oxygen atoms in total. The molecule has 3 atom stereocenters. The molecule has 0 spiro atoms. The smallest absolute Gasteiger partial charge is 0.253 e. The van der Waals surface area contributed by atoms with E-state index in [0.717, 1.165) is 82.4 Å². The molecule has 1 aromatic rings. The Morgan fingerprint density at radius 2 is 1.84 bits per heavy atom. The number of likely N-dealkylation sites (tertiary alicyclic amines) is 1. The molecule has 208 valence electrons. The lowest BCUT2D eigenvalue weighted by molar-refractivity contribution is -0.119. The second-order valence-electron chi connectivity index (χ2n) is 11.2. The molecule has 0 saturated carbocycles. The Bertz CT molecular complexity index is 1100. The van der Waals surface area contributed by atoms with Gasteiger partial charge in [-0.05, 0) is 88.2 Å². The lowest BCUT2D eigenvalue weighted by Gasteiger charge is -2.39. The van der Waals surface area contributed by atoms with Crippen LogP contribution in [0.4, 0.5) is 5.69 Å². The zero-order valence-corrected chi connectivity index (χ0v) is 23.5. The van der Waals surface area contributed by atoms with Gasteiger partial charge in [-0.25, -0.2) is 8.51 Å². The third kappa shape index (κ3) is 6.41. The van der Waals surface area contributed by atoms with E-state index in [2.05, 4.69) is 25.2 Å². The Labute approximate surface area is 232 Å². The summed E-state index contributed by atoms with van der Waals surface area (Å²) in [6.45, 7) is 5.31. The van der Waals surface area contributed by atoms with Gasteiger partial charge in [0.1, 0.15) is 0 Å². The van der Waals surface area contributed by atoms with Gasteiger partial charge in [0, 0.05) is 43.0 Å². The number of anilines is 1. The number of hydrogen-bond donors (Lipinski definition) is 3. The van der Waals surface area contributed by atoms with Gasteiger partial charge in [0.25, 0.3) is 5.91 Å². The van der Waals surface area contributed by atoms with Crippen molar-refractivity contribution in [2.24, 2.45) is 5.92 Å². The molecule has 1 aromatic carbocycles. The highest BCUT2D eigenvalue weighted by atomic mass is 35.5. The van der Waals surface area contributed by atoms with Crippen LogP contribution in [0.25, 0.3) is 0 Å². The van der Waals surface area contributed by atoms with E-state index in [-0.39, 0.29) is 42.3 Å². The maximum absolute atomic E-state index is 13.5. The highest BCUT2D eigenvalue weighted by molar-refractivity contribution is 7.82. The number of halogens is 1. The summed E-state index contributed by atoms with van der Waals surface area (Å²) in [4.78, 5) is 38.2. The molecule has 0 aromatic heterocycles. The predicted octanol–water partition coefficient (Wildman–Crippen LogP) is 2.46. The van der Waals surface area contributed by atoms with Gasteiger partial charge in [0.2, 0.25) is 11.8 Å². The lowest BCUT2D eigenvalue weighted by atomic mass is 9.99. The van der Waals surface area contributed by atoms with Gasteiger partial charge < -0.3 is 20.9 Å². The molecular formula is C27H38ClN5O4S. The second kappa shape index (κ2) is 12.0. The van der Waals surface area contributed by atoms with Crippen LogP contribution >= 0.6 is 11.6 Å². The summed E-state index contributed by atoms with van der Waals surface area (Å²) in [5.41, 5.74) is 1.88. The first kappa shape index (κ1) is 27.6. The number of carbonyl (C=O) groups excluding carboxylic acids is 3. The number of piperidine rings is 2. The molecule has 3 fully saturated rings. The highest BCUT2D eigenvalue weighted by Gasteiger charge is 2.44. The summed E-state index contributed by atoms with van der Waals surface area (Å²) in [5, 5.41) is 9.12. The molecule has 0 aliphatic carbocycles. The van der Waals surface area contributed by atoms with Crippen LogP contribution in [0, 0.1) is 5.92 Å². The highest BCUT2D eigenvalue weighted by Crippen LogP contribution is 2.38. The minimum atomic E-state index is -1.00. The summed E-state index contributed by atoms with van der Waals surface area (Å²) in [6, 6.07) is 3.86. The molecule has 38 heavy (non-hydrogen) atoms. The number of carbonyl (C=O) groups is 3. The Morgan fingerprint density at radius 1 is 1.13 bits per heavy atom. The molecule has 11 heteroatoms. The van der Waals surface area contributed by atoms with Crippen molar-refractivity contribution in [3.8, 4) is 0 Å². The monoisotopic (exact) mass is 563 g/mol. The van der Waals surface area contributed by atoms with Gasteiger partial charge in [0.05, 0.1) is 28.0 Å². The van der Waals surface area contributed by atoms with Crippen LogP contribution in [-0.2, 0) is 27.0 Å². The van der Waals surface area contributed by atoms with E-state index in [0.29, 0.717) is 22.2 Å². The summed E-state index contributed by atoms with van der Waals surface area (Å²) >= 11 is 6.37. The van der Waals surface area contributed by atoms with Crippen molar-refractivity contribution in [3.05, 3.63) is 28.3 Å². The van der Waals surface area contributed by atoms with Crippen LogP contribution in [0.15, 0.2) is 12.1 Å². The van der Waals surface area contributed by atoms with Crippen molar-refractivity contribution >= 4 is 46.0 Å². The minimum absolute atomic E-state index is 0.0199. The molecule has 4 aliphatic rings. The fraction of sp³-hybridized carbons (Fsp3) is 0.667. The van der Waals surface area contributed by atoms with E-state index in [1.54, 1.807) is 19.1 Å². The van der Waals surface area contributed by atoms with Gasteiger partial charge in [-0.3, -0.25) is 14.4 Å². The van der Waals surface area contributed by atoms with Gasteiger partial charge in [-0.1, -0.05) is 11.6 Å². The molecule has 3 unspecified atom stereocenters. The summed E-state index contributed by atoms with van der Waals surface area (Å²) in [7, 11) is -1.00. The van der Waals surface area contributed by atoms with Crippen LogP contribution in [0.3, 0.4) is 0 Å². The molecule has 3 saturated heterocycles. The van der Waals surface area contributed by atoms with Crippen molar-refractivity contribution in [2.75, 3.05) is 37.2 Å². The van der Waals surface area contributed by atoms with Gasteiger partial charge in [-0.15, -0.1) is 0 Å². The summed E-state index contributed by atoms with van der Waals surface area (Å²) in [5.74, 6) is 0.922. The molecule has 4 heterocycles. The van der Waals surface area contributed by atoms with E-state index in [1.807, 2.05) is 0 Å². The van der Waals surface area contributed by atoms with Crippen LogP contribution in [0.5, 0.6) is 0 Å². The van der Waals surface area contributed by atoms with Crippen molar-refractivity contribution in [1.82, 2.24) is 19.8 Å². The van der Waals surface area contributed by atoms with Crippen LogP contribution < -0.4 is 16.0 Å². The number of hydrogen-bond acceptors (Lipinski definition) is 5. The number of fused-ring (bicyclic) bond motifs is 3. The second-order valence-corrected chi connectivity index (χ2v) is 13.0. The number of nitrogens with zero attached hydrogens (tertiary/aromatic N) is 2. The quantitative estimate of drug-likeness (QED) is 0.400. The standard InChI is InChI=1S/C27H38ClN5O4S/c1-17(34)29-7-2-8-32-9-5-18(6-10-32)16-38(37)33-21-3-4-22(33)14-20(13-21)30-27(36)23-11-19-12-26(35)31-25(19)15-24(23)28/h11,15,18,20-22H,2-10,12-14,16H2,1H3,(H,29,34)(H,30,36)(H,31,35). The molecular weight excluding hydrogens is 526 g/mol. The van der Waals surface area contributed by atoms with Crippen molar-refractivity contribution < 1.29 is 18.6 Å². The first-order chi connectivity index (χ1) is 18.3. The largest absolute Gasteiger partial charge is 0.356 e. The number of benzene rings is 1. The predicted molar refractivity (Wildman–Crippen MR) is 148 cm³/mol. The van der Waals surface area contributed by atoms with Crippen molar-refractivity contribution in [2.45, 2.75) is 76.4 Å². The summed E-state index contributed by atoms with van der Waals surface area (Å²) in [6.07, 6.45) is 6.98. The fourth-order valence-corrected chi connectivity index (χ4v) is 8.71. The maximum Gasteiger partial charge on any atom is 0.253 e. The topological polar surface area (TPSA) is 111 Å². The average molecular weight is 564 g/mol. The van der Waals surface area contributed by atoms with Gasteiger partial charge in [-0.2, -0.15) is 0 Å². The Morgan fingerprint density at radius 3 is 2.53 bits per heavy atom. The maximum atomic E-state index is 13.5. The molecule has 0 radical (unpaired) electrons. The summed E-state index contributed by atoms with van der Waals surface area (Å²) < 4.78 is 15.7. The Balaban J connectivity index is 1.09. The normalized spacial score (nSPS) is 26.6. The van der Waals surface area contributed by atoms with Crippen LogP contribution in [0.2, 0.25) is 5.02 Å². The SMILES string of the molecule is CC(=O)NCCCN1CCC(CS(=O)N2C3CCC2CC(NC(=O)c2cc4c(cc2Cl)NC(=O)C4)C3)CC1. The third-order valence-corrected chi connectivity index (χ3v) is 10.5. The fourth-order valence-electron chi connectivity index (χ4n) is 6.50. The Kier molecular flexibility index (Phi) is 8.72. The van der Waals surface area contributed by atoms with E-state index in [9.17, 15) is 18.6 Å². The van der Waals surface area contributed by atoms with Crippen LogP contribution in [-0.4, -0.2) is 81.2 Å². The molecule has 3 N–H and O–H groups in total. The molecule has 5 rings (SSSR count). The molecule has 4 aliphatic heterocycles. The van der Waals surface area contributed by atoms with E-state index >= 15 is 0 Å². The number of rotatable bonds is 9. The Hall–Kier alpha value is -2.01. The number of nitrogens with one attached hydrogen (secondary N) is 3. The zero-order chi connectivity index (χ0) is 26.8. The van der Waals surface area contributed by atoms with Crippen LogP contribution in [0.1, 0.15) is 67.8 Å². The third-order valence-electron chi connectivity index (χ3n) is 8.41.